The van der Waals surface area contributed by atoms with Gasteiger partial charge in [0.05, 0.1) is 11.9 Å². The van der Waals surface area contributed by atoms with E-state index >= 15 is 0 Å². The number of rotatable bonds is 8. The molecule has 3 N–H and O–H groups in total. The van der Waals surface area contributed by atoms with E-state index in [0.717, 1.165) is 78.9 Å². The monoisotopic (exact) mass is 561 g/mol. The first kappa shape index (κ1) is 29.6. The van der Waals surface area contributed by atoms with E-state index in [1.54, 1.807) is 0 Å². The maximum atomic E-state index is 8.61. The SMILES string of the molecule is [C-]#[N+]C1=c2c(CC)c(CC)c(n2CC)=C(CC)c2ccc([nH]2)C(CC)=c2ccc([nH]2)=C(CC)c2[nH]c1c(CC)c2CC. The summed E-state index contributed by atoms with van der Waals surface area (Å²) < 4.78 is 2.45. The Labute approximate surface area is 250 Å². The molecule has 0 radical (unpaired) electrons. The second-order valence-corrected chi connectivity index (χ2v) is 11.2. The van der Waals surface area contributed by atoms with Crippen LogP contribution < -0.4 is 21.4 Å². The maximum Gasteiger partial charge on any atom is 0.233 e. The molecule has 0 unspecified atom stereocenters. The largest absolute Gasteiger partial charge is 0.364 e. The Morgan fingerprint density at radius 2 is 1.07 bits per heavy atom. The standard InChI is InChI=1S/C37H47N5/c1-10-22-23(11-2)34-35(38-9)37-25(13-4)24(12-3)36(42(37)17-8)28(16-7)32-21-19-30(40-32)26(14-5)29-18-20-31(39-29)27(15-6)33(22)41-34/h18-21,39-41H,10-17H2,1-8H3. The van der Waals surface area contributed by atoms with Gasteiger partial charge in [-0.25, -0.2) is 4.85 Å². The first-order valence-electron chi connectivity index (χ1n) is 16.2. The van der Waals surface area contributed by atoms with Crippen molar-refractivity contribution < 1.29 is 0 Å². The smallest absolute Gasteiger partial charge is 0.233 e. The maximum absolute atomic E-state index is 8.61. The van der Waals surface area contributed by atoms with Gasteiger partial charge in [0.2, 0.25) is 5.70 Å². The molecule has 0 fully saturated rings. The lowest BCUT2D eigenvalue weighted by Gasteiger charge is -2.10. The second kappa shape index (κ2) is 12.1. The van der Waals surface area contributed by atoms with Crippen molar-refractivity contribution in [2.75, 3.05) is 0 Å². The first-order valence-corrected chi connectivity index (χ1v) is 16.2. The van der Waals surface area contributed by atoms with Crippen LogP contribution in [0.4, 0.5) is 0 Å². The lowest BCUT2D eigenvalue weighted by Crippen LogP contribution is -2.31. The van der Waals surface area contributed by atoms with E-state index in [1.807, 2.05) is 0 Å². The number of nitrogens with one attached hydrogen (secondary N) is 3. The summed E-state index contributed by atoms with van der Waals surface area (Å²) in [5.41, 5.74) is 14.5. The zero-order valence-electron chi connectivity index (χ0n) is 26.9. The van der Waals surface area contributed by atoms with Crippen molar-refractivity contribution in [3.8, 4) is 0 Å². The highest BCUT2D eigenvalue weighted by molar-refractivity contribution is 5.78. The fraction of sp³-hybridized carbons (Fsp3) is 0.432. The Balaban J connectivity index is 2.15. The Hall–Kier alpha value is -3.91. The van der Waals surface area contributed by atoms with Gasteiger partial charge in [0.1, 0.15) is 0 Å². The molecule has 8 bridgehead atoms. The van der Waals surface area contributed by atoms with E-state index in [4.69, 9.17) is 6.57 Å². The number of aromatic amines is 3. The van der Waals surface area contributed by atoms with Crippen LogP contribution >= 0.6 is 0 Å². The summed E-state index contributed by atoms with van der Waals surface area (Å²) in [7, 11) is 0. The average molecular weight is 562 g/mol. The van der Waals surface area contributed by atoms with Crippen LogP contribution in [0.3, 0.4) is 0 Å². The topological polar surface area (TPSA) is 56.7 Å². The zero-order chi connectivity index (χ0) is 30.1. The lowest BCUT2D eigenvalue weighted by atomic mass is 9.97. The molecule has 220 valence electrons. The minimum Gasteiger partial charge on any atom is -0.364 e. The van der Waals surface area contributed by atoms with Gasteiger partial charge >= 0.3 is 0 Å². The van der Waals surface area contributed by atoms with Gasteiger partial charge in [-0.15, -0.1) is 0 Å². The Morgan fingerprint density at radius 1 is 0.548 bits per heavy atom. The predicted molar refractivity (Wildman–Crippen MR) is 176 cm³/mol. The number of fused-ring (bicyclic) bond motifs is 8. The van der Waals surface area contributed by atoms with Crippen molar-refractivity contribution >= 4 is 22.4 Å². The van der Waals surface area contributed by atoms with Crippen molar-refractivity contribution in [1.29, 1.82) is 0 Å². The fourth-order valence-corrected chi connectivity index (χ4v) is 7.47. The molecule has 5 heterocycles. The van der Waals surface area contributed by atoms with Crippen molar-refractivity contribution in [3.05, 3.63) is 102 Å². The number of H-pyrrole nitrogens is 3. The van der Waals surface area contributed by atoms with E-state index in [0.29, 0.717) is 0 Å². The summed E-state index contributed by atoms with van der Waals surface area (Å²) in [4.78, 5) is 15.9. The summed E-state index contributed by atoms with van der Waals surface area (Å²) >= 11 is 0. The Morgan fingerprint density at radius 3 is 1.60 bits per heavy atom. The minimum absolute atomic E-state index is 0.756. The third-order valence-corrected chi connectivity index (χ3v) is 9.32. The van der Waals surface area contributed by atoms with Crippen molar-refractivity contribution in [2.45, 2.75) is 107 Å². The molecule has 5 rings (SSSR count). The number of nitrogens with zero attached hydrogens (tertiary/aromatic N) is 2. The van der Waals surface area contributed by atoms with E-state index in [2.05, 4.69) is 104 Å². The highest BCUT2D eigenvalue weighted by Crippen LogP contribution is 2.31. The van der Waals surface area contributed by atoms with Crippen LogP contribution in [0.2, 0.25) is 0 Å². The van der Waals surface area contributed by atoms with Gasteiger partial charge in [-0.3, -0.25) is 0 Å². The molecule has 0 spiro atoms. The molecular weight excluding hydrogens is 514 g/mol. The molecule has 0 aromatic carbocycles. The molecule has 42 heavy (non-hydrogen) atoms. The quantitative estimate of drug-likeness (QED) is 0.223. The number of hydrogen-bond acceptors (Lipinski definition) is 0. The normalized spacial score (nSPS) is 13.3. The molecule has 0 saturated carbocycles. The molecule has 5 heteroatoms. The molecule has 4 aromatic heterocycles. The van der Waals surface area contributed by atoms with Gasteiger partial charge in [0.25, 0.3) is 0 Å². The van der Waals surface area contributed by atoms with Gasteiger partial charge in [-0.1, -0.05) is 48.5 Å². The summed E-state index contributed by atoms with van der Waals surface area (Å²) in [6.07, 6.45) is 6.35. The van der Waals surface area contributed by atoms with Crippen LogP contribution in [-0.2, 0) is 32.2 Å². The van der Waals surface area contributed by atoms with Crippen molar-refractivity contribution in [2.24, 2.45) is 0 Å². The molecule has 0 saturated heterocycles. The molecular formula is C37H47N5. The molecule has 1 aliphatic rings. The number of hydrogen-bond donors (Lipinski definition) is 3. The fourth-order valence-electron chi connectivity index (χ4n) is 7.47. The first-order chi connectivity index (χ1) is 20.5. The van der Waals surface area contributed by atoms with Crippen LogP contribution in [-0.4, -0.2) is 19.5 Å². The summed E-state index contributed by atoms with van der Waals surface area (Å²) in [5, 5.41) is 4.69. The summed E-state index contributed by atoms with van der Waals surface area (Å²) in [6.45, 7) is 27.4. The van der Waals surface area contributed by atoms with Crippen LogP contribution in [0.1, 0.15) is 120 Å². The van der Waals surface area contributed by atoms with Gasteiger partial charge in [-0.2, -0.15) is 0 Å². The van der Waals surface area contributed by atoms with Crippen molar-refractivity contribution in [1.82, 2.24) is 19.5 Å². The minimum atomic E-state index is 0.756. The van der Waals surface area contributed by atoms with Crippen molar-refractivity contribution in [3.63, 3.8) is 0 Å². The molecule has 0 amide bonds. The highest BCUT2D eigenvalue weighted by atomic mass is 15.0. The second-order valence-electron chi connectivity index (χ2n) is 11.2. The Bertz CT molecular complexity index is 1920. The zero-order valence-corrected chi connectivity index (χ0v) is 26.9. The summed E-state index contributed by atoms with van der Waals surface area (Å²) in [5.74, 6) is 0. The molecule has 0 atom stereocenters. The molecule has 4 aromatic rings. The average Bonchev–Trinajstić information content (AvgIpc) is 3.80. The van der Waals surface area contributed by atoms with E-state index in [9.17, 15) is 0 Å². The predicted octanol–water partition coefficient (Wildman–Crippen LogP) is 5.96. The van der Waals surface area contributed by atoms with E-state index in [-0.39, 0.29) is 0 Å². The Kier molecular flexibility index (Phi) is 8.55. The van der Waals surface area contributed by atoms with Gasteiger partial charge in [0.15, 0.2) is 0 Å². The van der Waals surface area contributed by atoms with Gasteiger partial charge < -0.3 is 19.5 Å². The third kappa shape index (κ3) is 4.44. The molecule has 5 nitrogen and oxygen atoms in total. The molecule has 0 aliphatic carbocycles. The third-order valence-electron chi connectivity index (χ3n) is 9.32. The van der Waals surface area contributed by atoms with Crippen LogP contribution in [0.25, 0.3) is 27.3 Å². The van der Waals surface area contributed by atoms with E-state index < -0.39 is 0 Å². The van der Waals surface area contributed by atoms with Crippen LogP contribution in [0.15, 0.2) is 24.3 Å². The number of aromatic nitrogens is 4. The highest BCUT2D eigenvalue weighted by Gasteiger charge is 2.25. The summed E-state index contributed by atoms with van der Waals surface area (Å²) in [6, 6.07) is 8.97. The van der Waals surface area contributed by atoms with E-state index in [1.165, 1.54) is 61.4 Å². The van der Waals surface area contributed by atoms with Gasteiger partial charge in [-0.05, 0) is 115 Å². The van der Waals surface area contributed by atoms with Crippen LogP contribution in [0, 0.1) is 6.57 Å². The van der Waals surface area contributed by atoms with Gasteiger partial charge in [0, 0.05) is 45.4 Å². The van der Waals surface area contributed by atoms with Crippen LogP contribution in [0.5, 0.6) is 0 Å². The lowest BCUT2D eigenvalue weighted by molar-refractivity contribution is 0.711. The molecule has 1 aliphatic heterocycles.